The number of hydrogen-bond donors (Lipinski definition) is 0. The molecule has 8 heteroatoms. The number of esters is 1. The largest absolute Gasteiger partial charge is 0.468 e. The Morgan fingerprint density at radius 1 is 1.47 bits per heavy atom. The maximum Gasteiger partial charge on any atom is 0.325 e. The monoisotopic (exact) mass is 306 g/mol. The minimum atomic E-state index is -3.70. The van der Waals surface area contributed by atoms with E-state index in [0.29, 0.717) is 12.8 Å². The molecule has 1 unspecified atom stereocenters. The zero-order chi connectivity index (χ0) is 14.7. The summed E-state index contributed by atoms with van der Waals surface area (Å²) in [6, 6.07) is 2.25. The molecule has 1 aliphatic heterocycles. The fourth-order valence-corrected chi connectivity index (χ4v) is 4.13. The predicted molar refractivity (Wildman–Crippen MR) is 73.1 cm³/mol. The molecule has 1 atom stereocenters. The van der Waals surface area contributed by atoms with E-state index in [-0.39, 0.29) is 13.1 Å². The summed E-state index contributed by atoms with van der Waals surface area (Å²) < 4.78 is 29.7. The number of ether oxygens (including phenoxy) is 1. The van der Waals surface area contributed by atoms with Gasteiger partial charge in [-0.25, -0.2) is 12.7 Å². The molecule has 1 fully saturated rings. The summed E-state index contributed by atoms with van der Waals surface area (Å²) in [4.78, 5) is 11.4. The van der Waals surface area contributed by atoms with Crippen LogP contribution in [0.15, 0.2) is 0 Å². The first-order valence-electron chi connectivity index (χ1n) is 5.86. The third kappa shape index (κ3) is 3.22. The maximum atomic E-state index is 12.2. The zero-order valence-corrected chi connectivity index (χ0v) is 12.9. The highest BCUT2D eigenvalue weighted by atomic mass is 32.2. The number of piperidine rings is 1. The van der Waals surface area contributed by atoms with Gasteiger partial charge >= 0.3 is 5.97 Å². The van der Waals surface area contributed by atoms with E-state index in [9.17, 15) is 13.2 Å². The van der Waals surface area contributed by atoms with Gasteiger partial charge in [0.15, 0.2) is 5.25 Å². The molecule has 0 aromatic rings. The summed E-state index contributed by atoms with van der Waals surface area (Å²) >= 11 is 1.45. The van der Waals surface area contributed by atoms with Crippen LogP contribution in [0.1, 0.15) is 19.8 Å². The first-order valence-corrected chi connectivity index (χ1v) is 8.59. The van der Waals surface area contributed by atoms with Crippen LogP contribution in [0.25, 0.3) is 0 Å². The summed E-state index contributed by atoms with van der Waals surface area (Å²) in [6.45, 7) is 1.85. The normalized spacial score (nSPS) is 21.4. The lowest BCUT2D eigenvalue weighted by molar-refractivity contribution is -0.139. The van der Waals surface area contributed by atoms with Crippen molar-refractivity contribution in [1.82, 2.24) is 4.31 Å². The first kappa shape index (κ1) is 16.3. The van der Waals surface area contributed by atoms with E-state index in [1.807, 2.05) is 6.26 Å². The summed E-state index contributed by atoms with van der Waals surface area (Å²) in [6.07, 6.45) is 2.79. The molecule has 1 rings (SSSR count). The Morgan fingerprint density at radius 3 is 2.37 bits per heavy atom. The molecule has 1 heterocycles. The van der Waals surface area contributed by atoms with Crippen LogP contribution >= 0.6 is 11.8 Å². The van der Waals surface area contributed by atoms with Crippen molar-refractivity contribution in [2.24, 2.45) is 0 Å². The quantitative estimate of drug-likeness (QED) is 0.707. The van der Waals surface area contributed by atoms with Crippen molar-refractivity contribution in [3.63, 3.8) is 0 Å². The third-order valence-electron chi connectivity index (χ3n) is 3.46. The number of nitrogens with zero attached hydrogens (tertiary/aromatic N) is 2. The number of carbonyl (C=O) groups excluding carboxylic acids is 1. The maximum absolute atomic E-state index is 12.2. The number of methoxy groups -OCH3 is 1. The van der Waals surface area contributed by atoms with Gasteiger partial charge in [0, 0.05) is 13.1 Å². The predicted octanol–water partition coefficient (Wildman–Crippen LogP) is 0.599. The molecule has 0 bridgehead atoms. The Balaban J connectivity index is 2.81. The Labute approximate surface area is 118 Å². The minimum Gasteiger partial charge on any atom is -0.468 e. The second kappa shape index (κ2) is 6.11. The minimum absolute atomic E-state index is 0.262. The Morgan fingerprint density at radius 2 is 2.00 bits per heavy atom. The number of thioether (sulfide) groups is 1. The van der Waals surface area contributed by atoms with Gasteiger partial charge in [0.25, 0.3) is 0 Å². The van der Waals surface area contributed by atoms with Crippen LogP contribution in [0.5, 0.6) is 0 Å². The van der Waals surface area contributed by atoms with Gasteiger partial charge < -0.3 is 4.74 Å². The Hall–Kier alpha value is -0.780. The van der Waals surface area contributed by atoms with Crippen LogP contribution in [-0.4, -0.2) is 55.1 Å². The van der Waals surface area contributed by atoms with Crippen LogP contribution in [0.2, 0.25) is 0 Å². The molecule has 0 saturated carbocycles. The summed E-state index contributed by atoms with van der Waals surface area (Å²) in [5.41, 5.74) is 0. The van der Waals surface area contributed by atoms with Gasteiger partial charge in [-0.2, -0.15) is 5.26 Å². The lowest BCUT2D eigenvalue weighted by Gasteiger charge is -2.36. The molecule has 0 aromatic heterocycles. The Bertz CT molecular complexity index is 475. The van der Waals surface area contributed by atoms with E-state index in [1.165, 1.54) is 30.1 Å². The van der Waals surface area contributed by atoms with Gasteiger partial charge in [-0.1, -0.05) is 0 Å². The number of hydrogen-bond acceptors (Lipinski definition) is 6. The van der Waals surface area contributed by atoms with Gasteiger partial charge in [0.05, 0.1) is 13.2 Å². The molecule has 6 nitrogen and oxygen atoms in total. The van der Waals surface area contributed by atoms with Crippen LogP contribution in [-0.2, 0) is 19.6 Å². The Kier molecular flexibility index (Phi) is 5.24. The van der Waals surface area contributed by atoms with Crippen molar-refractivity contribution in [3.05, 3.63) is 0 Å². The molecular formula is C11H18N2O4S2. The zero-order valence-electron chi connectivity index (χ0n) is 11.2. The van der Waals surface area contributed by atoms with Crippen LogP contribution in [0.3, 0.4) is 0 Å². The standard InChI is InChI=1S/C11H18N2O4S2/c1-9(10(14)17-2)19(15,16)13-6-4-11(8-12,18-3)5-7-13/h9H,4-7H2,1-3H3. The van der Waals surface area contributed by atoms with Crippen molar-refractivity contribution < 1.29 is 17.9 Å². The summed E-state index contributed by atoms with van der Waals surface area (Å²) in [7, 11) is -2.53. The molecule has 0 radical (unpaired) electrons. The van der Waals surface area contributed by atoms with Gasteiger partial charge in [-0.3, -0.25) is 4.79 Å². The fraction of sp³-hybridized carbons (Fsp3) is 0.818. The van der Waals surface area contributed by atoms with E-state index in [2.05, 4.69) is 10.8 Å². The molecule has 0 aliphatic carbocycles. The number of sulfonamides is 1. The van der Waals surface area contributed by atoms with Gasteiger partial charge in [-0.15, -0.1) is 11.8 Å². The molecule has 1 saturated heterocycles. The number of nitriles is 1. The number of carbonyl (C=O) groups is 1. The van der Waals surface area contributed by atoms with Crippen molar-refractivity contribution in [2.45, 2.75) is 29.8 Å². The van der Waals surface area contributed by atoms with E-state index in [4.69, 9.17) is 5.26 Å². The van der Waals surface area contributed by atoms with Gasteiger partial charge in [0.1, 0.15) is 4.75 Å². The second-order valence-electron chi connectivity index (χ2n) is 4.42. The van der Waals surface area contributed by atoms with Crippen LogP contribution < -0.4 is 0 Å². The highest BCUT2D eigenvalue weighted by molar-refractivity contribution is 8.00. The van der Waals surface area contributed by atoms with Crippen molar-refractivity contribution >= 4 is 27.8 Å². The lowest BCUT2D eigenvalue weighted by atomic mass is 9.99. The highest BCUT2D eigenvalue weighted by Gasteiger charge is 2.41. The average molecular weight is 306 g/mol. The first-order chi connectivity index (χ1) is 8.83. The molecule has 0 spiro atoms. The second-order valence-corrected chi connectivity index (χ2v) is 7.86. The van der Waals surface area contributed by atoms with Crippen molar-refractivity contribution in [1.29, 1.82) is 5.26 Å². The lowest BCUT2D eigenvalue weighted by Crippen LogP contribution is -2.48. The topological polar surface area (TPSA) is 87.5 Å². The molecule has 0 amide bonds. The SMILES string of the molecule is COC(=O)C(C)S(=O)(=O)N1CCC(C#N)(SC)CC1. The van der Waals surface area contributed by atoms with E-state index >= 15 is 0 Å². The smallest absolute Gasteiger partial charge is 0.325 e. The molecular weight excluding hydrogens is 288 g/mol. The summed E-state index contributed by atoms with van der Waals surface area (Å²) in [5, 5.41) is 7.95. The molecule has 0 aromatic carbocycles. The third-order valence-corrected chi connectivity index (χ3v) is 6.92. The molecule has 19 heavy (non-hydrogen) atoms. The number of rotatable bonds is 4. The van der Waals surface area contributed by atoms with Gasteiger partial charge in [-0.05, 0) is 26.0 Å². The van der Waals surface area contributed by atoms with Gasteiger partial charge in [0.2, 0.25) is 10.0 Å². The fourth-order valence-electron chi connectivity index (χ4n) is 1.97. The molecule has 0 N–H and O–H groups in total. The average Bonchev–Trinajstić information content (AvgIpc) is 2.45. The molecule has 1 aliphatic rings. The van der Waals surface area contributed by atoms with Crippen LogP contribution in [0, 0.1) is 11.3 Å². The van der Waals surface area contributed by atoms with Crippen molar-refractivity contribution in [3.8, 4) is 6.07 Å². The van der Waals surface area contributed by atoms with E-state index in [0.717, 1.165) is 0 Å². The van der Waals surface area contributed by atoms with E-state index in [1.54, 1.807) is 0 Å². The van der Waals surface area contributed by atoms with E-state index < -0.39 is 26.0 Å². The van der Waals surface area contributed by atoms with Crippen molar-refractivity contribution in [2.75, 3.05) is 26.5 Å². The van der Waals surface area contributed by atoms with Crippen LogP contribution in [0.4, 0.5) is 0 Å². The molecule has 108 valence electrons. The highest BCUT2D eigenvalue weighted by Crippen LogP contribution is 2.35. The summed E-state index contributed by atoms with van der Waals surface area (Å²) in [5.74, 6) is -0.762.